The highest BCUT2D eigenvalue weighted by Crippen LogP contribution is 2.18. The van der Waals surface area contributed by atoms with Gasteiger partial charge in [-0.05, 0) is 38.8 Å². The lowest BCUT2D eigenvalue weighted by Gasteiger charge is -2.28. The Morgan fingerprint density at radius 3 is 1.89 bits per heavy atom. The summed E-state index contributed by atoms with van der Waals surface area (Å²) in [5.74, 6) is 0.855. The van der Waals surface area contributed by atoms with Crippen LogP contribution in [0.2, 0.25) is 6.04 Å². The largest absolute Gasteiger partial charge is 0.500 e. The van der Waals surface area contributed by atoms with E-state index in [-0.39, 0.29) is 0 Å². The van der Waals surface area contributed by atoms with Crippen LogP contribution in [-0.2, 0) is 26.2 Å². The number of unbranched alkanes of at least 4 members (excludes halogenated alkanes) is 7. The molecule has 0 N–H and O–H groups in total. The first-order valence-electron chi connectivity index (χ1n) is 11.4. The zero-order valence-electron chi connectivity index (χ0n) is 18.6. The molecular weight excluding hydrogens is 372 g/mol. The molecule has 8 heteroatoms. The Labute approximate surface area is 172 Å². The Kier molecular flexibility index (Phi) is 14.4. The van der Waals surface area contributed by atoms with Crippen molar-refractivity contribution in [1.29, 1.82) is 0 Å². The summed E-state index contributed by atoms with van der Waals surface area (Å²) in [6.07, 6.45) is 12.3. The lowest BCUT2D eigenvalue weighted by atomic mass is 10.1. The molecule has 0 spiro atoms. The van der Waals surface area contributed by atoms with Gasteiger partial charge in [-0.15, -0.1) is 10.2 Å². The Hall–Kier alpha value is -0.833. The van der Waals surface area contributed by atoms with Crippen molar-refractivity contribution in [1.82, 2.24) is 20.2 Å². The zero-order valence-corrected chi connectivity index (χ0v) is 19.6. The maximum absolute atomic E-state index is 5.89. The number of aryl methyl sites for hydroxylation is 2. The Morgan fingerprint density at radius 2 is 1.32 bits per heavy atom. The van der Waals surface area contributed by atoms with Crippen molar-refractivity contribution < 1.29 is 13.3 Å². The molecule has 0 aliphatic heterocycles. The number of tetrazole rings is 1. The van der Waals surface area contributed by atoms with Crippen molar-refractivity contribution >= 4 is 8.80 Å². The highest BCUT2D eigenvalue weighted by molar-refractivity contribution is 6.60. The number of aromatic nitrogens is 4. The van der Waals surface area contributed by atoms with Crippen LogP contribution in [0.3, 0.4) is 0 Å². The summed E-state index contributed by atoms with van der Waals surface area (Å²) >= 11 is 0. The molecule has 0 saturated heterocycles. The van der Waals surface area contributed by atoms with E-state index >= 15 is 0 Å². The summed E-state index contributed by atoms with van der Waals surface area (Å²) in [4.78, 5) is 1.70. The van der Waals surface area contributed by atoms with Crippen LogP contribution in [0.5, 0.6) is 0 Å². The molecule has 0 bridgehead atoms. The van der Waals surface area contributed by atoms with Gasteiger partial charge in [0.25, 0.3) is 0 Å². The van der Waals surface area contributed by atoms with Gasteiger partial charge in [-0.25, -0.2) is 0 Å². The van der Waals surface area contributed by atoms with Crippen molar-refractivity contribution in [2.45, 2.75) is 104 Å². The highest BCUT2D eigenvalue weighted by atomic mass is 28.4. The quantitative estimate of drug-likeness (QED) is 0.239. The van der Waals surface area contributed by atoms with Gasteiger partial charge in [0.15, 0.2) is 5.82 Å². The summed E-state index contributed by atoms with van der Waals surface area (Å²) in [5.41, 5.74) is 0. The minimum Gasteiger partial charge on any atom is -0.374 e. The minimum absolute atomic E-state index is 0.608. The number of hydrogen-bond donors (Lipinski definition) is 0. The maximum Gasteiger partial charge on any atom is 0.500 e. The maximum atomic E-state index is 5.89. The first-order valence-corrected chi connectivity index (χ1v) is 13.3. The third-order valence-corrected chi connectivity index (χ3v) is 7.83. The molecule has 1 aromatic heterocycles. The van der Waals surface area contributed by atoms with Gasteiger partial charge < -0.3 is 13.3 Å². The van der Waals surface area contributed by atoms with Gasteiger partial charge in [-0.3, -0.25) is 0 Å². The summed E-state index contributed by atoms with van der Waals surface area (Å²) < 4.78 is 17.7. The molecular formula is C20H42N4O3Si. The standard InChI is InChI=1S/C20H42N4O3Si/c1-5-9-10-11-12-13-14-15-17-20-21-23-24(22-20)18-16-19-28(25-6-2,26-7-3)27-8-4/h5-19H2,1-4H3. The minimum atomic E-state index is -2.57. The molecule has 0 unspecified atom stereocenters. The smallest absolute Gasteiger partial charge is 0.374 e. The van der Waals surface area contributed by atoms with Gasteiger partial charge in [0.05, 0.1) is 6.54 Å². The summed E-state index contributed by atoms with van der Waals surface area (Å²) in [5, 5.41) is 12.9. The first kappa shape index (κ1) is 25.2. The Morgan fingerprint density at radius 1 is 0.750 bits per heavy atom. The van der Waals surface area contributed by atoms with Crippen LogP contribution < -0.4 is 0 Å². The third kappa shape index (κ3) is 10.6. The molecule has 0 aromatic carbocycles. The van der Waals surface area contributed by atoms with Gasteiger partial charge in [-0.2, -0.15) is 4.80 Å². The van der Waals surface area contributed by atoms with Crippen LogP contribution in [0.1, 0.15) is 91.3 Å². The monoisotopic (exact) mass is 414 g/mol. The van der Waals surface area contributed by atoms with Crippen LogP contribution in [-0.4, -0.2) is 48.8 Å². The molecule has 1 heterocycles. The highest BCUT2D eigenvalue weighted by Gasteiger charge is 2.39. The van der Waals surface area contributed by atoms with E-state index in [1.54, 1.807) is 4.80 Å². The fourth-order valence-electron chi connectivity index (χ4n) is 3.33. The molecule has 28 heavy (non-hydrogen) atoms. The molecule has 0 radical (unpaired) electrons. The first-order chi connectivity index (χ1) is 13.7. The zero-order chi connectivity index (χ0) is 20.5. The SMILES string of the molecule is CCCCCCCCCCc1nnn(CCC[Si](OCC)(OCC)OCC)n1. The summed E-state index contributed by atoms with van der Waals surface area (Å²) in [6, 6.07) is 0.775. The van der Waals surface area contributed by atoms with Crippen molar-refractivity contribution in [3.05, 3.63) is 5.82 Å². The normalized spacial score (nSPS) is 12.0. The molecule has 0 atom stereocenters. The van der Waals surface area contributed by atoms with Crippen molar-refractivity contribution in [3.8, 4) is 0 Å². The van der Waals surface area contributed by atoms with E-state index in [4.69, 9.17) is 13.3 Å². The predicted molar refractivity (Wildman–Crippen MR) is 114 cm³/mol. The molecule has 0 amide bonds. The van der Waals surface area contributed by atoms with E-state index in [1.807, 2.05) is 20.8 Å². The van der Waals surface area contributed by atoms with Gasteiger partial charge in [0, 0.05) is 32.3 Å². The van der Waals surface area contributed by atoms with Crippen LogP contribution >= 0.6 is 0 Å². The summed E-state index contributed by atoms with van der Waals surface area (Å²) in [7, 11) is -2.57. The number of nitrogens with zero attached hydrogens (tertiary/aromatic N) is 4. The average molecular weight is 415 g/mol. The second kappa shape index (κ2) is 16.0. The van der Waals surface area contributed by atoms with E-state index in [0.29, 0.717) is 26.4 Å². The van der Waals surface area contributed by atoms with E-state index in [1.165, 1.54) is 44.9 Å². The topological polar surface area (TPSA) is 71.3 Å². The van der Waals surface area contributed by atoms with Crippen LogP contribution in [0, 0.1) is 0 Å². The molecule has 1 rings (SSSR count). The van der Waals surface area contributed by atoms with Gasteiger partial charge in [0.1, 0.15) is 0 Å². The fraction of sp³-hybridized carbons (Fsp3) is 0.950. The number of hydrogen-bond acceptors (Lipinski definition) is 6. The van der Waals surface area contributed by atoms with E-state index in [0.717, 1.165) is 31.1 Å². The second-order valence-electron chi connectivity index (χ2n) is 7.11. The second-order valence-corrected chi connectivity index (χ2v) is 9.84. The van der Waals surface area contributed by atoms with E-state index in [9.17, 15) is 0 Å². The van der Waals surface area contributed by atoms with Crippen LogP contribution in [0.4, 0.5) is 0 Å². The Balaban J connectivity index is 2.26. The molecule has 0 saturated carbocycles. The van der Waals surface area contributed by atoms with E-state index in [2.05, 4.69) is 22.3 Å². The van der Waals surface area contributed by atoms with Crippen molar-refractivity contribution in [3.63, 3.8) is 0 Å². The summed E-state index contributed by atoms with van der Waals surface area (Å²) in [6.45, 7) is 10.7. The molecule has 0 aliphatic carbocycles. The molecule has 0 fully saturated rings. The van der Waals surface area contributed by atoms with Gasteiger partial charge in [0.2, 0.25) is 0 Å². The van der Waals surface area contributed by atoms with Crippen molar-refractivity contribution in [2.24, 2.45) is 0 Å². The fourth-order valence-corrected chi connectivity index (χ4v) is 5.92. The molecule has 164 valence electrons. The van der Waals surface area contributed by atoms with Gasteiger partial charge >= 0.3 is 8.80 Å². The lowest BCUT2D eigenvalue weighted by molar-refractivity contribution is 0.0703. The molecule has 0 aliphatic rings. The molecule has 1 aromatic rings. The Bertz CT molecular complexity index is 471. The van der Waals surface area contributed by atoms with Crippen molar-refractivity contribution in [2.75, 3.05) is 19.8 Å². The van der Waals surface area contributed by atoms with Crippen LogP contribution in [0.25, 0.3) is 0 Å². The lowest BCUT2D eigenvalue weighted by Crippen LogP contribution is -2.46. The third-order valence-electron chi connectivity index (χ3n) is 4.68. The van der Waals surface area contributed by atoms with E-state index < -0.39 is 8.80 Å². The van der Waals surface area contributed by atoms with Gasteiger partial charge in [-0.1, -0.05) is 51.9 Å². The molecule has 7 nitrogen and oxygen atoms in total. The van der Waals surface area contributed by atoms with Crippen LogP contribution in [0.15, 0.2) is 0 Å². The predicted octanol–water partition coefficient (Wildman–Crippen LogP) is 4.79. The number of rotatable bonds is 19. The average Bonchev–Trinajstić information content (AvgIpc) is 3.12.